The molecule has 3 aromatic heterocycles. The summed E-state index contributed by atoms with van der Waals surface area (Å²) in [6.45, 7) is 5.13. The van der Waals surface area contributed by atoms with E-state index in [1.54, 1.807) is 18.4 Å². The van der Waals surface area contributed by atoms with E-state index in [1.165, 1.54) is 34.1 Å². The van der Waals surface area contributed by atoms with Gasteiger partial charge in [-0.15, -0.1) is 11.3 Å². The quantitative estimate of drug-likeness (QED) is 0.515. The van der Waals surface area contributed by atoms with E-state index >= 15 is 0 Å². The maximum atomic E-state index is 6.34. The number of aromatic nitrogens is 3. The molecular weight excluding hydrogens is 408 g/mol. The van der Waals surface area contributed by atoms with Gasteiger partial charge in [0.1, 0.15) is 17.6 Å². The number of rotatable bonds is 5. The molecule has 1 atom stereocenters. The van der Waals surface area contributed by atoms with Crippen molar-refractivity contribution in [3.63, 3.8) is 0 Å². The van der Waals surface area contributed by atoms with Gasteiger partial charge >= 0.3 is 0 Å². The minimum atomic E-state index is 0.504. The molecule has 5 rings (SSSR count). The summed E-state index contributed by atoms with van der Waals surface area (Å²) < 4.78 is 8.69. The maximum Gasteiger partial charge on any atom is 0.152 e. The molecule has 0 bridgehead atoms. The number of nitrogens with two attached hydrogens (primary N) is 1. The summed E-state index contributed by atoms with van der Waals surface area (Å²) in [4.78, 5) is 10.3. The van der Waals surface area contributed by atoms with Crippen LogP contribution in [0, 0.1) is 6.92 Å². The minimum Gasteiger partial charge on any atom is -0.495 e. The van der Waals surface area contributed by atoms with E-state index in [0.29, 0.717) is 11.9 Å². The zero-order chi connectivity index (χ0) is 21.7. The third-order valence-corrected chi connectivity index (χ3v) is 7.43. The van der Waals surface area contributed by atoms with Gasteiger partial charge in [-0.25, -0.2) is 9.50 Å². The molecule has 31 heavy (non-hydrogen) atoms. The molecule has 8 heteroatoms. The molecule has 0 spiro atoms. The summed E-state index contributed by atoms with van der Waals surface area (Å²) in [6, 6.07) is 7.14. The summed E-state index contributed by atoms with van der Waals surface area (Å²) >= 11 is 1.74. The smallest absolute Gasteiger partial charge is 0.152 e. The zero-order valence-corrected chi connectivity index (χ0v) is 19.2. The Balaban J connectivity index is 1.64. The van der Waals surface area contributed by atoms with Gasteiger partial charge in [0.15, 0.2) is 5.82 Å². The average molecular weight is 437 g/mol. The van der Waals surface area contributed by atoms with E-state index in [-0.39, 0.29) is 0 Å². The Morgan fingerprint density at radius 1 is 1.29 bits per heavy atom. The van der Waals surface area contributed by atoms with E-state index in [9.17, 15) is 0 Å². The van der Waals surface area contributed by atoms with Crippen molar-refractivity contribution in [1.29, 1.82) is 0 Å². The molecule has 0 radical (unpaired) electrons. The van der Waals surface area contributed by atoms with Crippen LogP contribution in [0.5, 0.6) is 5.75 Å². The fourth-order valence-electron chi connectivity index (χ4n) is 4.64. The zero-order valence-electron chi connectivity index (χ0n) is 18.4. The molecule has 0 aliphatic carbocycles. The molecule has 0 saturated carbocycles. The Morgan fingerprint density at radius 3 is 2.87 bits per heavy atom. The Morgan fingerprint density at radius 2 is 2.13 bits per heavy atom. The Hall–Kier alpha value is -2.68. The third-order valence-electron chi connectivity index (χ3n) is 6.25. The van der Waals surface area contributed by atoms with Crippen LogP contribution in [0.3, 0.4) is 0 Å². The van der Waals surface area contributed by atoms with Crippen molar-refractivity contribution < 1.29 is 4.74 Å². The molecule has 4 heterocycles. The SMILES string of the molecule is COc1cc(C)cc2cc(-c3c(CN4CCC(N(C)C)C4)cn4ncnc(N)c34)sc12. The van der Waals surface area contributed by atoms with Crippen LogP contribution in [0.15, 0.2) is 30.7 Å². The number of ether oxygens (including phenoxy) is 1. The van der Waals surface area contributed by atoms with Gasteiger partial charge < -0.3 is 15.4 Å². The first-order chi connectivity index (χ1) is 14.9. The standard InChI is InChI=1S/C23H28N6OS/c1-14-7-15-9-19(31-22(15)18(8-14)30-4)20-16(10-28-6-5-17(12-28)27(2)3)11-29-21(20)23(24)25-13-26-29/h7-9,11,13,17H,5-6,10,12H2,1-4H3,(H2,24,25,26). The number of nitrogens with zero attached hydrogens (tertiary/aromatic N) is 5. The number of anilines is 1. The number of benzene rings is 1. The van der Waals surface area contributed by atoms with Crippen LogP contribution in [0.1, 0.15) is 17.5 Å². The molecule has 4 aromatic rings. The number of thiophene rings is 1. The van der Waals surface area contributed by atoms with E-state index in [4.69, 9.17) is 10.5 Å². The number of hydrogen-bond acceptors (Lipinski definition) is 7. The molecule has 1 aromatic carbocycles. The van der Waals surface area contributed by atoms with Crippen molar-refractivity contribution in [3.05, 3.63) is 41.9 Å². The van der Waals surface area contributed by atoms with Crippen molar-refractivity contribution >= 4 is 32.8 Å². The first-order valence-electron chi connectivity index (χ1n) is 10.5. The molecule has 1 aliphatic rings. The second-order valence-electron chi connectivity index (χ2n) is 8.61. The van der Waals surface area contributed by atoms with Gasteiger partial charge in [-0.3, -0.25) is 4.90 Å². The number of likely N-dealkylation sites (N-methyl/N-ethyl adjacent to an activating group) is 1. The Bertz CT molecular complexity index is 1260. The lowest BCUT2D eigenvalue weighted by atomic mass is 10.1. The van der Waals surface area contributed by atoms with Gasteiger partial charge in [0.25, 0.3) is 0 Å². The van der Waals surface area contributed by atoms with Crippen LogP contribution in [-0.2, 0) is 6.54 Å². The summed E-state index contributed by atoms with van der Waals surface area (Å²) in [7, 11) is 6.05. The molecule has 1 unspecified atom stereocenters. The van der Waals surface area contributed by atoms with Crippen molar-refractivity contribution in [1.82, 2.24) is 24.4 Å². The van der Waals surface area contributed by atoms with Crippen LogP contribution in [-0.4, -0.2) is 64.7 Å². The molecule has 1 aliphatic heterocycles. The highest BCUT2D eigenvalue weighted by Crippen LogP contribution is 2.43. The highest BCUT2D eigenvalue weighted by Gasteiger charge is 2.27. The fraction of sp³-hybridized carbons (Fsp3) is 0.391. The normalized spacial score (nSPS) is 17.4. The van der Waals surface area contributed by atoms with E-state index < -0.39 is 0 Å². The second-order valence-corrected chi connectivity index (χ2v) is 9.66. The highest BCUT2D eigenvalue weighted by molar-refractivity contribution is 7.22. The van der Waals surface area contributed by atoms with Crippen molar-refractivity contribution in [2.75, 3.05) is 40.0 Å². The van der Waals surface area contributed by atoms with Gasteiger partial charge in [-0.1, -0.05) is 6.07 Å². The lowest BCUT2D eigenvalue weighted by molar-refractivity contribution is 0.265. The first kappa shape index (κ1) is 20.2. The molecular formula is C23H28N6OS. The fourth-order valence-corrected chi connectivity index (χ4v) is 5.85. The van der Waals surface area contributed by atoms with Crippen LogP contribution >= 0.6 is 11.3 Å². The number of nitrogen functional groups attached to an aromatic ring is 1. The lowest BCUT2D eigenvalue weighted by Gasteiger charge is -2.20. The largest absolute Gasteiger partial charge is 0.495 e. The number of aryl methyl sites for hydroxylation is 1. The highest BCUT2D eigenvalue weighted by atomic mass is 32.1. The summed E-state index contributed by atoms with van der Waals surface area (Å²) in [5.41, 5.74) is 10.8. The first-order valence-corrected chi connectivity index (χ1v) is 11.3. The van der Waals surface area contributed by atoms with Crippen molar-refractivity contribution in [2.45, 2.75) is 25.9 Å². The van der Waals surface area contributed by atoms with E-state index in [1.807, 2.05) is 4.52 Å². The average Bonchev–Trinajstić information content (AvgIpc) is 3.44. The van der Waals surface area contributed by atoms with Gasteiger partial charge in [0, 0.05) is 42.3 Å². The summed E-state index contributed by atoms with van der Waals surface area (Å²) in [6.07, 6.45) is 4.82. The summed E-state index contributed by atoms with van der Waals surface area (Å²) in [5, 5.41) is 5.63. The van der Waals surface area contributed by atoms with E-state index in [2.05, 4.69) is 65.3 Å². The van der Waals surface area contributed by atoms with Crippen molar-refractivity contribution in [2.24, 2.45) is 0 Å². The van der Waals surface area contributed by atoms with Crippen LogP contribution in [0.4, 0.5) is 5.82 Å². The number of hydrogen-bond donors (Lipinski definition) is 1. The Labute approximate surface area is 186 Å². The number of likely N-dealkylation sites (tertiary alicyclic amines) is 1. The van der Waals surface area contributed by atoms with E-state index in [0.717, 1.165) is 41.2 Å². The molecule has 162 valence electrons. The van der Waals surface area contributed by atoms with Crippen LogP contribution < -0.4 is 10.5 Å². The minimum absolute atomic E-state index is 0.504. The van der Waals surface area contributed by atoms with Crippen LogP contribution in [0.25, 0.3) is 26.0 Å². The molecule has 2 N–H and O–H groups in total. The number of fused-ring (bicyclic) bond motifs is 2. The van der Waals surface area contributed by atoms with Crippen LogP contribution in [0.2, 0.25) is 0 Å². The van der Waals surface area contributed by atoms with Gasteiger partial charge in [0.05, 0.1) is 11.8 Å². The maximum absolute atomic E-state index is 6.34. The van der Waals surface area contributed by atoms with Gasteiger partial charge in [-0.05, 0) is 56.1 Å². The Kier molecular flexibility index (Phi) is 5.08. The second kappa shape index (κ2) is 7.78. The predicted octanol–water partition coefficient (Wildman–Crippen LogP) is 3.65. The summed E-state index contributed by atoms with van der Waals surface area (Å²) in [5.74, 6) is 1.42. The number of methoxy groups -OCH3 is 1. The predicted molar refractivity (Wildman–Crippen MR) is 127 cm³/mol. The van der Waals surface area contributed by atoms with Gasteiger partial charge in [0.2, 0.25) is 0 Å². The molecule has 1 fully saturated rings. The molecule has 7 nitrogen and oxygen atoms in total. The monoisotopic (exact) mass is 436 g/mol. The molecule has 1 saturated heterocycles. The topological polar surface area (TPSA) is 71.9 Å². The lowest BCUT2D eigenvalue weighted by Crippen LogP contribution is -2.31. The van der Waals surface area contributed by atoms with Crippen molar-refractivity contribution in [3.8, 4) is 16.2 Å². The third kappa shape index (κ3) is 3.54. The molecule has 0 amide bonds. The van der Waals surface area contributed by atoms with Gasteiger partial charge in [-0.2, -0.15) is 5.10 Å².